The normalized spacial score (nSPS) is 12.7. The van der Waals surface area contributed by atoms with Crippen molar-refractivity contribution >= 4 is 5.91 Å². The maximum Gasteiger partial charge on any atom is 0.239 e. The fraction of sp³-hybridized carbons (Fsp3) is 0.909. The minimum atomic E-state index is -0.665. The second kappa shape index (κ2) is 5.47. The van der Waals surface area contributed by atoms with Gasteiger partial charge in [0.1, 0.15) is 0 Å². The van der Waals surface area contributed by atoms with Gasteiger partial charge in [-0.2, -0.15) is 0 Å². The first-order chi connectivity index (χ1) is 6.75. The van der Waals surface area contributed by atoms with Gasteiger partial charge in [0.25, 0.3) is 0 Å². The van der Waals surface area contributed by atoms with E-state index in [2.05, 4.69) is 10.6 Å². The Morgan fingerprint density at radius 1 is 1.27 bits per heavy atom. The SMILES string of the molecule is CCCNC(=O)C(C)(C)NC(C)(C)CO. The Morgan fingerprint density at radius 3 is 2.20 bits per heavy atom. The lowest BCUT2D eigenvalue weighted by Crippen LogP contribution is -2.60. The quantitative estimate of drug-likeness (QED) is 0.611. The lowest BCUT2D eigenvalue weighted by Gasteiger charge is -2.34. The number of aliphatic hydroxyl groups excluding tert-OH is 1. The molecular formula is C11H24N2O2. The summed E-state index contributed by atoms with van der Waals surface area (Å²) < 4.78 is 0. The average Bonchev–Trinajstić information content (AvgIpc) is 2.12. The molecule has 4 heteroatoms. The minimum Gasteiger partial charge on any atom is -0.394 e. The van der Waals surface area contributed by atoms with Crippen LogP contribution >= 0.6 is 0 Å². The minimum absolute atomic E-state index is 0.00249. The summed E-state index contributed by atoms with van der Waals surface area (Å²) in [5.41, 5.74) is -1.12. The number of hydrogen-bond donors (Lipinski definition) is 3. The number of carbonyl (C=O) groups is 1. The molecule has 0 saturated carbocycles. The Bertz CT molecular complexity index is 213. The van der Waals surface area contributed by atoms with Crippen molar-refractivity contribution in [2.75, 3.05) is 13.2 Å². The van der Waals surface area contributed by atoms with Gasteiger partial charge in [-0.3, -0.25) is 10.1 Å². The van der Waals surface area contributed by atoms with Crippen LogP contribution in [0.25, 0.3) is 0 Å². The molecule has 1 amide bonds. The molecule has 0 aromatic rings. The monoisotopic (exact) mass is 216 g/mol. The highest BCUT2D eigenvalue weighted by Crippen LogP contribution is 2.10. The van der Waals surface area contributed by atoms with Gasteiger partial charge < -0.3 is 10.4 Å². The van der Waals surface area contributed by atoms with E-state index in [1.165, 1.54) is 0 Å². The van der Waals surface area contributed by atoms with E-state index < -0.39 is 11.1 Å². The molecule has 0 unspecified atom stereocenters. The van der Waals surface area contributed by atoms with Crippen LogP contribution in [0.1, 0.15) is 41.0 Å². The zero-order chi connectivity index (χ0) is 12.1. The largest absolute Gasteiger partial charge is 0.394 e. The Balaban J connectivity index is 4.34. The van der Waals surface area contributed by atoms with Crippen molar-refractivity contribution in [3.63, 3.8) is 0 Å². The first-order valence-electron chi connectivity index (χ1n) is 5.43. The van der Waals surface area contributed by atoms with Gasteiger partial charge in [0.2, 0.25) is 5.91 Å². The Hall–Kier alpha value is -0.610. The van der Waals surface area contributed by atoms with Gasteiger partial charge in [-0.1, -0.05) is 6.92 Å². The fourth-order valence-corrected chi connectivity index (χ4v) is 1.40. The standard InChI is InChI=1S/C11H24N2O2/c1-6-7-12-9(15)11(4,5)13-10(2,3)8-14/h13-14H,6-8H2,1-5H3,(H,12,15). The molecule has 15 heavy (non-hydrogen) atoms. The topological polar surface area (TPSA) is 61.4 Å². The average molecular weight is 216 g/mol. The summed E-state index contributed by atoms with van der Waals surface area (Å²) in [7, 11) is 0. The number of carbonyl (C=O) groups excluding carboxylic acids is 1. The molecule has 0 atom stereocenters. The van der Waals surface area contributed by atoms with Gasteiger partial charge >= 0.3 is 0 Å². The molecule has 0 heterocycles. The summed E-state index contributed by atoms with van der Waals surface area (Å²) in [5.74, 6) is -0.0362. The summed E-state index contributed by atoms with van der Waals surface area (Å²) in [6.45, 7) is 10.0. The van der Waals surface area contributed by atoms with Crippen molar-refractivity contribution in [2.24, 2.45) is 0 Å². The highest BCUT2D eigenvalue weighted by Gasteiger charge is 2.32. The molecule has 0 aliphatic rings. The molecule has 0 rings (SSSR count). The maximum atomic E-state index is 11.8. The van der Waals surface area contributed by atoms with Crippen LogP contribution in [0.5, 0.6) is 0 Å². The molecule has 0 aliphatic heterocycles. The molecule has 0 bridgehead atoms. The summed E-state index contributed by atoms with van der Waals surface area (Å²) in [6, 6.07) is 0. The van der Waals surface area contributed by atoms with Crippen LogP contribution in [-0.2, 0) is 4.79 Å². The van der Waals surface area contributed by atoms with E-state index in [1.54, 1.807) is 0 Å². The molecular weight excluding hydrogens is 192 g/mol. The van der Waals surface area contributed by atoms with Crippen molar-refractivity contribution in [3.8, 4) is 0 Å². The number of aliphatic hydroxyl groups is 1. The zero-order valence-corrected chi connectivity index (χ0v) is 10.5. The molecule has 0 aromatic heterocycles. The molecule has 90 valence electrons. The van der Waals surface area contributed by atoms with E-state index in [0.717, 1.165) is 6.42 Å². The molecule has 0 spiro atoms. The van der Waals surface area contributed by atoms with Crippen LogP contribution in [0.2, 0.25) is 0 Å². The summed E-state index contributed by atoms with van der Waals surface area (Å²) in [6.07, 6.45) is 0.922. The second-order valence-corrected chi connectivity index (χ2v) is 5.05. The van der Waals surface area contributed by atoms with E-state index in [0.29, 0.717) is 6.54 Å². The maximum absolute atomic E-state index is 11.8. The van der Waals surface area contributed by atoms with Gasteiger partial charge in [-0.15, -0.1) is 0 Å². The first-order valence-corrected chi connectivity index (χ1v) is 5.43. The van der Waals surface area contributed by atoms with Crippen molar-refractivity contribution in [1.82, 2.24) is 10.6 Å². The lowest BCUT2D eigenvalue weighted by atomic mass is 9.97. The smallest absolute Gasteiger partial charge is 0.239 e. The Labute approximate surface area is 92.4 Å². The Kier molecular flexibility index (Phi) is 5.24. The van der Waals surface area contributed by atoms with E-state index in [4.69, 9.17) is 5.11 Å². The van der Waals surface area contributed by atoms with E-state index in [9.17, 15) is 4.79 Å². The van der Waals surface area contributed by atoms with Gasteiger partial charge in [0, 0.05) is 12.1 Å². The highest BCUT2D eigenvalue weighted by atomic mass is 16.3. The van der Waals surface area contributed by atoms with Crippen molar-refractivity contribution in [3.05, 3.63) is 0 Å². The zero-order valence-electron chi connectivity index (χ0n) is 10.5. The van der Waals surface area contributed by atoms with E-state index >= 15 is 0 Å². The first kappa shape index (κ1) is 14.4. The predicted molar refractivity (Wildman–Crippen MR) is 61.7 cm³/mol. The molecule has 4 nitrogen and oxygen atoms in total. The summed E-state index contributed by atoms with van der Waals surface area (Å²) in [5, 5.41) is 15.1. The van der Waals surface area contributed by atoms with Gasteiger partial charge in [0.15, 0.2) is 0 Å². The van der Waals surface area contributed by atoms with Crippen molar-refractivity contribution in [1.29, 1.82) is 0 Å². The van der Waals surface area contributed by atoms with Crippen molar-refractivity contribution in [2.45, 2.75) is 52.1 Å². The second-order valence-electron chi connectivity index (χ2n) is 5.05. The third-order valence-electron chi connectivity index (χ3n) is 2.15. The molecule has 0 saturated heterocycles. The highest BCUT2D eigenvalue weighted by molar-refractivity contribution is 5.85. The van der Waals surface area contributed by atoms with Crippen LogP contribution < -0.4 is 10.6 Å². The number of rotatable bonds is 6. The van der Waals surface area contributed by atoms with E-state index in [1.807, 2.05) is 34.6 Å². The van der Waals surface area contributed by atoms with Crippen LogP contribution in [-0.4, -0.2) is 35.2 Å². The van der Waals surface area contributed by atoms with Crippen molar-refractivity contribution < 1.29 is 9.90 Å². The summed E-state index contributed by atoms with van der Waals surface area (Å²) in [4.78, 5) is 11.8. The molecule has 0 aromatic carbocycles. The Morgan fingerprint density at radius 2 is 1.80 bits per heavy atom. The number of amides is 1. The summed E-state index contributed by atoms with van der Waals surface area (Å²) >= 11 is 0. The van der Waals surface area contributed by atoms with Crippen LogP contribution in [0.4, 0.5) is 0 Å². The number of hydrogen-bond acceptors (Lipinski definition) is 3. The van der Waals surface area contributed by atoms with Crippen LogP contribution in [0, 0.1) is 0 Å². The molecule has 0 radical (unpaired) electrons. The van der Waals surface area contributed by atoms with Gasteiger partial charge in [0.05, 0.1) is 12.1 Å². The lowest BCUT2D eigenvalue weighted by molar-refractivity contribution is -0.127. The number of nitrogens with one attached hydrogen (secondary N) is 2. The van der Waals surface area contributed by atoms with Gasteiger partial charge in [-0.25, -0.2) is 0 Å². The molecule has 0 fully saturated rings. The predicted octanol–water partition coefficient (Wildman–Crippen LogP) is 0.652. The fourth-order valence-electron chi connectivity index (χ4n) is 1.40. The third-order valence-corrected chi connectivity index (χ3v) is 2.15. The van der Waals surface area contributed by atoms with Crippen LogP contribution in [0.15, 0.2) is 0 Å². The van der Waals surface area contributed by atoms with Crippen LogP contribution in [0.3, 0.4) is 0 Å². The molecule has 3 N–H and O–H groups in total. The molecule has 0 aliphatic carbocycles. The third kappa shape index (κ3) is 5.14. The van der Waals surface area contributed by atoms with E-state index in [-0.39, 0.29) is 12.5 Å². The van der Waals surface area contributed by atoms with Gasteiger partial charge in [-0.05, 0) is 34.1 Å².